The lowest BCUT2D eigenvalue weighted by Gasteiger charge is -2.15. The summed E-state index contributed by atoms with van der Waals surface area (Å²) in [4.78, 5) is 35.7. The van der Waals surface area contributed by atoms with E-state index >= 15 is 0 Å². The molecule has 61 heavy (non-hydrogen) atoms. The standard InChI is InChI=1S/2C20H23N7O.H2O4S/c2*1-13-4-6-14(7-5-13)12-27-19(21)18(11-23-27)24-16-9-8-15(26(2)3)10-17(16)25-20(22)28;1-5(2,3)4/h2*4-11H,12H2,1-3H3,(H4,21,22,23,25,28);(H2,1,2,3,4). The maximum absolute atomic E-state index is 11.4. The number of aryl methyl sites for hydroxylation is 2. The first kappa shape index (κ1) is 46.2. The van der Waals surface area contributed by atoms with Crippen molar-refractivity contribution in [3.8, 4) is 0 Å². The summed E-state index contributed by atoms with van der Waals surface area (Å²) in [6, 6.07) is 26.1. The molecule has 4 amide bonds. The number of primary amides is 2. The SMILES string of the molecule is Cc1ccc(C[N+]2=C(N)C(=Nc3ccc(N(C)C)cc3NC(N)=O)C=N2)cc1.Cc1ccc(C[N+]2=C(N)C(=Nc3ccc(N(C)C)cc3NC(N)=O)C=N2)cc1.O=S(=O)([O-])[O-]. The van der Waals surface area contributed by atoms with Crippen molar-refractivity contribution in [3.05, 3.63) is 107 Å². The first-order chi connectivity index (χ1) is 28.7. The van der Waals surface area contributed by atoms with Gasteiger partial charge in [0.1, 0.15) is 25.5 Å². The van der Waals surface area contributed by atoms with Gasteiger partial charge >= 0.3 is 23.7 Å². The smallest absolute Gasteiger partial charge is 0.321 e. The lowest BCUT2D eigenvalue weighted by molar-refractivity contribution is -0.546. The fraction of sp³-hybridized carbons (Fsp3) is 0.200. The second-order valence-corrected chi connectivity index (χ2v) is 14.7. The number of benzene rings is 4. The van der Waals surface area contributed by atoms with E-state index in [4.69, 9.17) is 40.5 Å². The summed E-state index contributed by atoms with van der Waals surface area (Å²) in [6.45, 7) is 5.19. The third-order valence-corrected chi connectivity index (χ3v) is 8.62. The highest BCUT2D eigenvalue weighted by atomic mass is 32.3. The van der Waals surface area contributed by atoms with Gasteiger partial charge in [-0.25, -0.2) is 19.6 Å². The number of hydrogen-bond acceptors (Lipinski definition) is 14. The second-order valence-electron chi connectivity index (χ2n) is 13.9. The van der Waals surface area contributed by atoms with Crippen LogP contribution in [0, 0.1) is 13.8 Å². The number of anilines is 4. The van der Waals surface area contributed by atoms with Gasteiger partial charge in [-0.1, -0.05) is 69.9 Å². The number of amidine groups is 2. The van der Waals surface area contributed by atoms with Crippen molar-refractivity contribution < 1.29 is 36.5 Å². The molecule has 0 atom stereocenters. The van der Waals surface area contributed by atoms with Crippen LogP contribution in [-0.4, -0.2) is 103 Å². The van der Waals surface area contributed by atoms with Gasteiger partial charge in [-0.2, -0.15) is 0 Å². The molecule has 21 heteroatoms. The average Bonchev–Trinajstić information content (AvgIpc) is 3.69. The highest BCUT2D eigenvalue weighted by Crippen LogP contribution is 2.31. The number of carbonyl (C=O) groups excluding carboxylic acids is 2. The van der Waals surface area contributed by atoms with Gasteiger partial charge in [0, 0.05) is 50.0 Å². The minimum Gasteiger partial charge on any atom is -0.759 e. The largest absolute Gasteiger partial charge is 0.759 e. The van der Waals surface area contributed by atoms with E-state index in [0.29, 0.717) is 58.9 Å². The Morgan fingerprint density at radius 2 is 0.967 bits per heavy atom. The number of hydrogen-bond donors (Lipinski definition) is 6. The number of amides is 4. The summed E-state index contributed by atoms with van der Waals surface area (Å²) in [5.74, 6) is 0.893. The number of rotatable bonds is 10. The molecule has 2 heterocycles. The third kappa shape index (κ3) is 14.4. The second kappa shape index (κ2) is 20.5. The predicted octanol–water partition coefficient (Wildman–Crippen LogP) is 3.05. The number of nitrogens with zero attached hydrogens (tertiary/aromatic N) is 8. The van der Waals surface area contributed by atoms with Crippen LogP contribution in [0.4, 0.5) is 43.7 Å². The molecule has 0 radical (unpaired) electrons. The molecular formula is C40H48N14O6S. The Morgan fingerprint density at radius 3 is 1.26 bits per heavy atom. The van der Waals surface area contributed by atoms with E-state index in [1.807, 2.05) is 113 Å². The third-order valence-electron chi connectivity index (χ3n) is 8.62. The maximum atomic E-state index is 11.4. The highest BCUT2D eigenvalue weighted by molar-refractivity contribution is 7.79. The fourth-order valence-corrected chi connectivity index (χ4v) is 5.45. The minimum absolute atomic E-state index is 0.447. The molecule has 4 aromatic carbocycles. The van der Waals surface area contributed by atoms with Crippen molar-refractivity contribution in [2.75, 3.05) is 48.6 Å². The number of nitrogens with two attached hydrogens (primary N) is 4. The number of urea groups is 2. The Hall–Kier alpha value is -7.49. The monoisotopic (exact) mass is 852 g/mol. The van der Waals surface area contributed by atoms with Gasteiger partial charge in [0.25, 0.3) is 0 Å². The number of carbonyl (C=O) groups is 2. The zero-order chi connectivity index (χ0) is 45.0. The average molecular weight is 853 g/mol. The van der Waals surface area contributed by atoms with E-state index in [0.717, 1.165) is 22.5 Å². The van der Waals surface area contributed by atoms with Gasteiger partial charge in [0.15, 0.2) is 11.4 Å². The fourth-order valence-electron chi connectivity index (χ4n) is 5.45. The molecule has 320 valence electrons. The lowest BCUT2D eigenvalue weighted by Crippen LogP contribution is -2.28. The molecule has 10 N–H and O–H groups in total. The van der Waals surface area contributed by atoms with Crippen LogP contribution in [0.15, 0.2) is 105 Å². The van der Waals surface area contributed by atoms with Crippen LogP contribution in [0.5, 0.6) is 0 Å². The van der Waals surface area contributed by atoms with Crippen LogP contribution in [0.1, 0.15) is 22.3 Å². The van der Waals surface area contributed by atoms with Crippen molar-refractivity contribution in [1.29, 1.82) is 0 Å². The van der Waals surface area contributed by atoms with Crippen molar-refractivity contribution in [1.82, 2.24) is 0 Å². The Labute approximate surface area is 353 Å². The number of aliphatic imine (C=N–C) groups is 2. The van der Waals surface area contributed by atoms with Crippen LogP contribution in [0.2, 0.25) is 0 Å². The molecule has 0 bridgehead atoms. The summed E-state index contributed by atoms with van der Waals surface area (Å²) in [6.07, 6.45) is 3.22. The molecule has 0 spiro atoms. The molecule has 2 aliphatic rings. The summed E-state index contributed by atoms with van der Waals surface area (Å²) in [7, 11) is 2.47. The Morgan fingerprint density at radius 1 is 0.639 bits per heavy atom. The van der Waals surface area contributed by atoms with Crippen LogP contribution in [0.25, 0.3) is 0 Å². The molecule has 0 saturated carbocycles. The maximum Gasteiger partial charge on any atom is 0.321 e. The summed E-state index contributed by atoms with van der Waals surface area (Å²) < 4.78 is 37.5. The van der Waals surface area contributed by atoms with E-state index in [1.165, 1.54) is 11.1 Å². The Kier molecular flexibility index (Phi) is 15.5. The summed E-state index contributed by atoms with van der Waals surface area (Å²) in [5, 5.41) is 13.9. The Balaban J connectivity index is 0.000000242. The zero-order valence-corrected chi connectivity index (χ0v) is 35.2. The first-order valence-corrected chi connectivity index (χ1v) is 19.6. The van der Waals surface area contributed by atoms with Crippen molar-refractivity contribution >= 4 is 92.1 Å². The van der Waals surface area contributed by atoms with E-state index in [9.17, 15) is 9.59 Å². The van der Waals surface area contributed by atoms with Gasteiger partial charge in [0.05, 0.1) is 22.7 Å². The zero-order valence-electron chi connectivity index (χ0n) is 34.4. The van der Waals surface area contributed by atoms with E-state index in [2.05, 4.69) is 30.8 Å². The molecule has 0 fully saturated rings. The molecule has 4 aromatic rings. The minimum atomic E-state index is -5.17. The molecule has 0 aliphatic carbocycles. The first-order valence-electron chi connectivity index (χ1n) is 18.3. The molecule has 6 rings (SSSR count). The van der Waals surface area contributed by atoms with Crippen molar-refractivity contribution in [2.24, 2.45) is 43.1 Å². The molecule has 0 aromatic heterocycles. The molecular weight excluding hydrogens is 805 g/mol. The van der Waals surface area contributed by atoms with Crippen molar-refractivity contribution in [3.63, 3.8) is 0 Å². The topological polar surface area (TPSA) is 304 Å². The summed E-state index contributed by atoms with van der Waals surface area (Å²) in [5.41, 5.74) is 32.6. The van der Waals surface area contributed by atoms with Gasteiger partial charge in [-0.15, -0.1) is 9.37 Å². The van der Waals surface area contributed by atoms with Crippen LogP contribution in [0.3, 0.4) is 0 Å². The highest BCUT2D eigenvalue weighted by Gasteiger charge is 2.24. The van der Waals surface area contributed by atoms with Gasteiger partial charge in [0.2, 0.25) is 0 Å². The van der Waals surface area contributed by atoms with Gasteiger partial charge in [-0.3, -0.25) is 19.9 Å². The Bertz CT molecular complexity index is 2390. The molecule has 20 nitrogen and oxygen atoms in total. The van der Waals surface area contributed by atoms with Gasteiger partial charge < -0.3 is 41.0 Å². The van der Waals surface area contributed by atoms with Crippen LogP contribution in [-0.2, 0) is 23.5 Å². The number of hydrazone groups is 2. The van der Waals surface area contributed by atoms with Crippen LogP contribution >= 0.6 is 0 Å². The lowest BCUT2D eigenvalue weighted by atomic mass is 10.1. The quantitative estimate of drug-likeness (QED) is 0.0770. The molecule has 0 saturated heterocycles. The molecule has 0 unspecified atom stereocenters. The van der Waals surface area contributed by atoms with E-state index in [-0.39, 0.29) is 0 Å². The van der Waals surface area contributed by atoms with Gasteiger partial charge in [-0.05, 0) is 61.4 Å². The number of nitrogens with one attached hydrogen (secondary N) is 2. The van der Waals surface area contributed by atoms with Crippen molar-refractivity contribution in [2.45, 2.75) is 26.9 Å². The summed E-state index contributed by atoms with van der Waals surface area (Å²) >= 11 is 0. The van der Waals surface area contributed by atoms with E-state index in [1.54, 1.807) is 46.1 Å². The normalized spacial score (nSPS) is 14.4. The van der Waals surface area contributed by atoms with E-state index < -0.39 is 22.5 Å². The van der Waals surface area contributed by atoms with Crippen LogP contribution < -0.4 is 43.4 Å². The predicted molar refractivity (Wildman–Crippen MR) is 238 cm³/mol. The molecule has 2 aliphatic heterocycles.